The lowest BCUT2D eigenvalue weighted by Crippen LogP contribution is -2.43. The number of hydrogen-bond donors (Lipinski definition) is 2. The van der Waals surface area contributed by atoms with Gasteiger partial charge in [0.15, 0.2) is 0 Å². The minimum absolute atomic E-state index is 0.0883. The van der Waals surface area contributed by atoms with E-state index < -0.39 is 17.6 Å². The molecule has 2 heterocycles. The zero-order valence-electron chi connectivity index (χ0n) is 15.1. The fraction of sp³-hybridized carbons (Fsp3) is 0.250. The van der Waals surface area contributed by atoms with Crippen molar-refractivity contribution >= 4 is 17.5 Å². The van der Waals surface area contributed by atoms with Gasteiger partial charge in [0.25, 0.3) is 0 Å². The van der Waals surface area contributed by atoms with Crippen LogP contribution in [0.4, 0.5) is 10.1 Å². The van der Waals surface area contributed by atoms with E-state index in [-0.39, 0.29) is 12.1 Å². The highest BCUT2D eigenvalue weighted by Crippen LogP contribution is 2.29. The normalized spacial score (nSPS) is 18.8. The van der Waals surface area contributed by atoms with Crippen LogP contribution in [0.5, 0.6) is 0 Å². The Morgan fingerprint density at radius 1 is 1.11 bits per heavy atom. The lowest BCUT2D eigenvalue weighted by atomic mass is 10.1. The Labute approximate surface area is 161 Å². The summed E-state index contributed by atoms with van der Waals surface area (Å²) in [7, 11) is 0. The molecule has 1 aromatic carbocycles. The van der Waals surface area contributed by atoms with Crippen molar-refractivity contribution in [3.05, 3.63) is 67.3 Å². The van der Waals surface area contributed by atoms with Crippen molar-refractivity contribution in [1.82, 2.24) is 19.4 Å². The van der Waals surface area contributed by atoms with Crippen LogP contribution < -0.4 is 10.6 Å². The number of halogens is 1. The standard InChI is InChI=1S/C20H20FN5O2/c21-15-7-6-14(12-18(15)25-9-1-2-10-25)23-19(27)20(28)24-16-4-3-5-17(16)26-11-8-22-13-26/h1-2,6-13,16-17H,3-5H2,(H,23,27)(H,24,28). The molecule has 0 spiro atoms. The first-order valence-corrected chi connectivity index (χ1v) is 9.14. The molecule has 1 fully saturated rings. The summed E-state index contributed by atoms with van der Waals surface area (Å²) in [6.07, 6.45) is 11.4. The van der Waals surface area contributed by atoms with Gasteiger partial charge in [-0.05, 0) is 49.6 Å². The number of aromatic nitrogens is 3. The van der Waals surface area contributed by atoms with E-state index in [0.29, 0.717) is 11.4 Å². The second kappa shape index (κ2) is 7.67. The van der Waals surface area contributed by atoms with Gasteiger partial charge in [-0.25, -0.2) is 9.37 Å². The van der Waals surface area contributed by atoms with Crippen LogP contribution in [0.3, 0.4) is 0 Å². The first-order chi connectivity index (χ1) is 13.6. The third kappa shape index (κ3) is 3.66. The van der Waals surface area contributed by atoms with E-state index in [1.807, 2.05) is 10.8 Å². The number of anilines is 1. The summed E-state index contributed by atoms with van der Waals surface area (Å²) in [5.41, 5.74) is 0.641. The number of hydrogen-bond acceptors (Lipinski definition) is 3. The minimum atomic E-state index is -0.777. The topological polar surface area (TPSA) is 81.0 Å². The van der Waals surface area contributed by atoms with E-state index in [0.717, 1.165) is 19.3 Å². The maximum atomic E-state index is 14.1. The van der Waals surface area contributed by atoms with Gasteiger partial charge >= 0.3 is 11.8 Å². The Morgan fingerprint density at radius 2 is 1.93 bits per heavy atom. The molecule has 0 aliphatic heterocycles. The molecule has 2 atom stereocenters. The predicted octanol–water partition coefficient (Wildman–Crippen LogP) is 2.66. The predicted molar refractivity (Wildman–Crippen MR) is 101 cm³/mol. The van der Waals surface area contributed by atoms with Gasteiger partial charge in [0.2, 0.25) is 0 Å². The maximum Gasteiger partial charge on any atom is 0.313 e. The van der Waals surface area contributed by atoms with Gasteiger partial charge < -0.3 is 19.8 Å². The molecule has 1 aliphatic carbocycles. The number of benzene rings is 1. The molecule has 3 aromatic rings. The van der Waals surface area contributed by atoms with Crippen molar-refractivity contribution < 1.29 is 14.0 Å². The van der Waals surface area contributed by atoms with Crippen molar-refractivity contribution in [2.75, 3.05) is 5.32 Å². The fourth-order valence-electron chi connectivity index (χ4n) is 3.64. The highest BCUT2D eigenvalue weighted by molar-refractivity contribution is 6.39. The molecule has 1 aliphatic rings. The van der Waals surface area contributed by atoms with Crippen molar-refractivity contribution in [3.8, 4) is 5.69 Å². The molecule has 0 bridgehead atoms. The molecular formula is C20H20FN5O2. The zero-order valence-corrected chi connectivity index (χ0v) is 15.1. The van der Waals surface area contributed by atoms with E-state index in [9.17, 15) is 14.0 Å². The van der Waals surface area contributed by atoms with Crippen LogP contribution in [0, 0.1) is 5.82 Å². The minimum Gasteiger partial charge on any atom is -0.343 e. The van der Waals surface area contributed by atoms with Crippen LogP contribution in [0.15, 0.2) is 61.4 Å². The van der Waals surface area contributed by atoms with Crippen LogP contribution in [0.25, 0.3) is 5.69 Å². The number of carbonyl (C=O) groups is 2. The summed E-state index contributed by atoms with van der Waals surface area (Å²) >= 11 is 0. The number of rotatable bonds is 4. The van der Waals surface area contributed by atoms with E-state index in [4.69, 9.17) is 0 Å². The largest absolute Gasteiger partial charge is 0.343 e. The van der Waals surface area contributed by atoms with Crippen molar-refractivity contribution in [2.45, 2.75) is 31.3 Å². The second-order valence-electron chi connectivity index (χ2n) is 6.80. The first-order valence-electron chi connectivity index (χ1n) is 9.14. The number of imidazole rings is 1. The molecule has 7 nitrogen and oxygen atoms in total. The molecule has 8 heteroatoms. The Morgan fingerprint density at radius 3 is 2.68 bits per heavy atom. The summed E-state index contributed by atoms with van der Waals surface area (Å²) in [5.74, 6) is -1.90. The van der Waals surface area contributed by atoms with Crippen molar-refractivity contribution in [2.24, 2.45) is 0 Å². The molecule has 2 amide bonds. The van der Waals surface area contributed by atoms with Crippen LogP contribution in [-0.2, 0) is 9.59 Å². The Hall–Kier alpha value is -3.42. The number of nitrogens with zero attached hydrogens (tertiary/aromatic N) is 3. The SMILES string of the molecule is O=C(Nc1ccc(F)c(-n2cccc2)c1)C(=O)NC1CCCC1n1ccnc1. The fourth-order valence-corrected chi connectivity index (χ4v) is 3.64. The van der Waals surface area contributed by atoms with Crippen LogP contribution in [0.2, 0.25) is 0 Å². The zero-order chi connectivity index (χ0) is 19.5. The van der Waals surface area contributed by atoms with E-state index in [1.54, 1.807) is 41.6 Å². The third-order valence-electron chi connectivity index (χ3n) is 5.00. The van der Waals surface area contributed by atoms with Gasteiger partial charge in [0.1, 0.15) is 5.82 Å². The molecule has 0 radical (unpaired) electrons. The molecule has 1 saturated carbocycles. The average molecular weight is 381 g/mol. The van der Waals surface area contributed by atoms with Crippen molar-refractivity contribution in [1.29, 1.82) is 0 Å². The smallest absolute Gasteiger partial charge is 0.313 e. The highest BCUT2D eigenvalue weighted by Gasteiger charge is 2.31. The Bertz CT molecular complexity index is 969. The summed E-state index contributed by atoms with van der Waals surface area (Å²) in [5, 5.41) is 5.36. The number of nitrogens with one attached hydrogen (secondary N) is 2. The molecule has 2 aromatic heterocycles. The highest BCUT2D eigenvalue weighted by atomic mass is 19.1. The van der Waals surface area contributed by atoms with Crippen LogP contribution in [-0.4, -0.2) is 32.0 Å². The van der Waals surface area contributed by atoms with Crippen molar-refractivity contribution in [3.63, 3.8) is 0 Å². The Kier molecular flexibility index (Phi) is 4.92. The lowest BCUT2D eigenvalue weighted by molar-refractivity contribution is -0.136. The van der Waals surface area contributed by atoms with Gasteiger partial charge in [-0.15, -0.1) is 0 Å². The molecular weight excluding hydrogens is 361 g/mol. The molecule has 144 valence electrons. The summed E-state index contributed by atoms with van der Waals surface area (Å²) in [6.45, 7) is 0. The van der Waals surface area contributed by atoms with Crippen LogP contribution in [0.1, 0.15) is 25.3 Å². The van der Waals surface area contributed by atoms with E-state index >= 15 is 0 Å². The molecule has 2 N–H and O–H groups in total. The van der Waals surface area contributed by atoms with E-state index in [2.05, 4.69) is 15.6 Å². The van der Waals surface area contributed by atoms with Gasteiger partial charge in [-0.2, -0.15) is 0 Å². The van der Waals surface area contributed by atoms with Gasteiger partial charge in [0.05, 0.1) is 24.1 Å². The summed E-state index contributed by atoms with van der Waals surface area (Å²) in [4.78, 5) is 28.8. The number of carbonyl (C=O) groups excluding carboxylic acids is 2. The average Bonchev–Trinajstić information content (AvgIpc) is 3.45. The van der Waals surface area contributed by atoms with Crippen LogP contribution >= 0.6 is 0 Å². The monoisotopic (exact) mass is 381 g/mol. The number of amides is 2. The molecule has 0 saturated heterocycles. The maximum absolute atomic E-state index is 14.1. The van der Waals surface area contributed by atoms with Gasteiger partial charge in [-0.3, -0.25) is 9.59 Å². The quantitative estimate of drug-likeness (QED) is 0.682. The van der Waals surface area contributed by atoms with E-state index in [1.165, 1.54) is 18.2 Å². The summed E-state index contributed by atoms with van der Waals surface area (Å²) in [6, 6.07) is 7.69. The second-order valence-corrected chi connectivity index (χ2v) is 6.80. The first kappa shape index (κ1) is 18.0. The Balaban J connectivity index is 1.42. The molecule has 4 rings (SSSR count). The molecule has 2 unspecified atom stereocenters. The lowest BCUT2D eigenvalue weighted by Gasteiger charge is -2.21. The molecule has 28 heavy (non-hydrogen) atoms. The van der Waals surface area contributed by atoms with Gasteiger partial charge in [-0.1, -0.05) is 0 Å². The van der Waals surface area contributed by atoms with Gasteiger partial charge in [0, 0.05) is 30.5 Å². The summed E-state index contributed by atoms with van der Waals surface area (Å²) < 4.78 is 17.6. The third-order valence-corrected chi connectivity index (χ3v) is 5.00.